The Labute approximate surface area is 292 Å². The van der Waals surface area contributed by atoms with E-state index in [4.69, 9.17) is 4.74 Å². The first-order chi connectivity index (χ1) is 23.0. The van der Waals surface area contributed by atoms with Crippen LogP contribution in [-0.2, 0) is 18.6 Å². The third kappa shape index (κ3) is 6.29. The molecule has 0 unspecified atom stereocenters. The molecule has 0 saturated heterocycles. The molecule has 48 heavy (non-hydrogen) atoms. The van der Waals surface area contributed by atoms with Crippen LogP contribution in [0.5, 0.6) is 23.0 Å². The van der Waals surface area contributed by atoms with Crippen LogP contribution >= 0.6 is 0 Å². The standard InChI is InChI=1S/C21H16O2.C20H14O2.C2H6.V/c1-23-19-13-11-15-7-3-5-9-17(15)21(19)20-16-8-4-2-6-14(16)10-12-18(20)22;21-17-11-9-13-5-1-3-7-15(13)19(17)20-16-8-4-2-6-14(16)10-12-18(20)22;1-2;/h2-13,22H,1H3;1-12,21-22H;1-2H3;. The van der Waals surface area contributed by atoms with E-state index in [1.54, 1.807) is 25.3 Å². The number of fused-ring (bicyclic) bond motifs is 4. The number of methoxy groups -OCH3 is 1. The molecule has 3 N–H and O–H groups in total. The molecule has 5 heteroatoms. The molecule has 8 aromatic rings. The van der Waals surface area contributed by atoms with Gasteiger partial charge in [-0.05, 0) is 67.4 Å². The molecule has 0 heterocycles. The minimum Gasteiger partial charge on any atom is -0.507 e. The van der Waals surface area contributed by atoms with Crippen molar-refractivity contribution < 1.29 is 38.6 Å². The van der Waals surface area contributed by atoms with Gasteiger partial charge in [0.05, 0.1) is 7.11 Å². The smallest absolute Gasteiger partial charge is 0.127 e. The van der Waals surface area contributed by atoms with Gasteiger partial charge in [0.25, 0.3) is 0 Å². The zero-order chi connectivity index (χ0) is 32.9. The Hall–Kier alpha value is -5.42. The van der Waals surface area contributed by atoms with Crippen LogP contribution < -0.4 is 4.74 Å². The van der Waals surface area contributed by atoms with E-state index in [1.807, 2.05) is 123 Å². The van der Waals surface area contributed by atoms with Gasteiger partial charge in [-0.25, -0.2) is 0 Å². The molecule has 0 aliphatic carbocycles. The van der Waals surface area contributed by atoms with Gasteiger partial charge in [-0.3, -0.25) is 0 Å². The van der Waals surface area contributed by atoms with E-state index in [2.05, 4.69) is 18.2 Å². The van der Waals surface area contributed by atoms with Crippen molar-refractivity contribution in [3.63, 3.8) is 0 Å². The van der Waals surface area contributed by atoms with Gasteiger partial charge < -0.3 is 20.1 Å². The molecule has 0 spiro atoms. The van der Waals surface area contributed by atoms with E-state index >= 15 is 0 Å². The molecule has 8 aromatic carbocycles. The number of benzene rings is 8. The Kier molecular flexibility index (Phi) is 10.6. The average molecular weight is 668 g/mol. The van der Waals surface area contributed by atoms with Crippen LogP contribution in [0.4, 0.5) is 0 Å². The SMILES string of the molecule is CC.COc1ccc2ccccc2c1-c1c(O)ccc2ccccc12.Oc1ccc2ccccc2c1-c1c(O)ccc2ccccc12.[V]. The Morgan fingerprint density at radius 3 is 0.958 bits per heavy atom. The van der Waals surface area contributed by atoms with Gasteiger partial charge in [0.2, 0.25) is 0 Å². The van der Waals surface area contributed by atoms with Gasteiger partial charge in [0.15, 0.2) is 0 Å². The summed E-state index contributed by atoms with van der Waals surface area (Å²) in [6, 6.07) is 46.8. The van der Waals surface area contributed by atoms with Crippen LogP contribution in [0.15, 0.2) is 146 Å². The summed E-state index contributed by atoms with van der Waals surface area (Å²) in [7, 11) is 1.66. The summed E-state index contributed by atoms with van der Waals surface area (Å²) in [5.41, 5.74) is 3.09. The Bertz CT molecular complexity index is 2280. The van der Waals surface area contributed by atoms with E-state index in [0.29, 0.717) is 11.1 Å². The largest absolute Gasteiger partial charge is 0.507 e. The van der Waals surface area contributed by atoms with E-state index in [1.165, 1.54) is 0 Å². The number of hydrogen-bond acceptors (Lipinski definition) is 4. The molecule has 0 aliphatic heterocycles. The monoisotopic (exact) mass is 667 g/mol. The van der Waals surface area contributed by atoms with E-state index < -0.39 is 0 Å². The molecule has 8 rings (SSSR count). The first kappa shape index (κ1) is 33.9. The summed E-state index contributed by atoms with van der Waals surface area (Å²) in [5.74, 6) is 1.37. The fourth-order valence-electron chi connectivity index (χ4n) is 6.25. The van der Waals surface area contributed by atoms with Crippen molar-refractivity contribution in [3.05, 3.63) is 146 Å². The maximum absolute atomic E-state index is 10.6. The summed E-state index contributed by atoms with van der Waals surface area (Å²) in [5, 5.41) is 39.7. The van der Waals surface area contributed by atoms with E-state index in [-0.39, 0.29) is 35.8 Å². The van der Waals surface area contributed by atoms with Crippen LogP contribution in [0.2, 0.25) is 0 Å². The molecule has 0 atom stereocenters. The Morgan fingerprint density at radius 1 is 0.354 bits per heavy atom. The van der Waals surface area contributed by atoms with Crippen LogP contribution in [0.25, 0.3) is 65.3 Å². The van der Waals surface area contributed by atoms with Crippen molar-refractivity contribution in [1.29, 1.82) is 0 Å². The number of phenols is 3. The van der Waals surface area contributed by atoms with Crippen molar-refractivity contribution in [2.45, 2.75) is 13.8 Å². The summed E-state index contributed by atoms with van der Waals surface area (Å²) in [6.07, 6.45) is 0. The third-order valence-electron chi connectivity index (χ3n) is 8.33. The normalized spacial score (nSPS) is 10.5. The molecule has 0 bridgehead atoms. The number of phenolic OH excluding ortho intramolecular Hbond substituents is 3. The van der Waals surface area contributed by atoms with Crippen LogP contribution in [0.3, 0.4) is 0 Å². The summed E-state index contributed by atoms with van der Waals surface area (Å²) >= 11 is 0. The molecular weight excluding hydrogens is 631 g/mol. The summed E-state index contributed by atoms with van der Waals surface area (Å²) < 4.78 is 5.60. The van der Waals surface area contributed by atoms with Crippen molar-refractivity contribution >= 4 is 43.1 Å². The number of aromatic hydroxyl groups is 3. The number of rotatable bonds is 3. The molecule has 0 saturated carbocycles. The molecule has 237 valence electrons. The van der Waals surface area contributed by atoms with Gasteiger partial charge in [0, 0.05) is 40.8 Å². The topological polar surface area (TPSA) is 69.9 Å². The van der Waals surface area contributed by atoms with Crippen LogP contribution in [-0.4, -0.2) is 22.4 Å². The Balaban J connectivity index is 0.000000175. The maximum atomic E-state index is 10.6. The number of hydrogen-bond donors (Lipinski definition) is 3. The fraction of sp³-hybridized carbons (Fsp3) is 0.0698. The predicted molar refractivity (Wildman–Crippen MR) is 197 cm³/mol. The summed E-state index contributed by atoms with van der Waals surface area (Å²) in [6.45, 7) is 4.00. The molecule has 0 aliphatic rings. The van der Waals surface area contributed by atoms with Gasteiger partial charge in [-0.15, -0.1) is 0 Å². The molecule has 0 aromatic heterocycles. The minimum atomic E-state index is 0. The first-order valence-electron chi connectivity index (χ1n) is 15.7. The third-order valence-corrected chi connectivity index (χ3v) is 8.33. The quantitative estimate of drug-likeness (QED) is 0.175. The van der Waals surface area contributed by atoms with Gasteiger partial charge >= 0.3 is 0 Å². The average Bonchev–Trinajstić information content (AvgIpc) is 3.13. The Morgan fingerprint density at radius 2 is 0.625 bits per heavy atom. The van der Waals surface area contributed by atoms with Crippen LogP contribution in [0, 0.1) is 0 Å². The molecule has 1 radical (unpaired) electrons. The van der Waals surface area contributed by atoms with E-state index in [9.17, 15) is 15.3 Å². The molecule has 0 amide bonds. The van der Waals surface area contributed by atoms with Crippen molar-refractivity contribution in [3.8, 4) is 45.3 Å². The van der Waals surface area contributed by atoms with Crippen molar-refractivity contribution in [2.75, 3.05) is 7.11 Å². The second-order valence-electron chi connectivity index (χ2n) is 10.9. The first-order valence-corrected chi connectivity index (χ1v) is 15.7. The van der Waals surface area contributed by atoms with Gasteiger partial charge in [-0.1, -0.05) is 135 Å². The fourth-order valence-corrected chi connectivity index (χ4v) is 6.25. The number of ether oxygens (including phenoxy) is 1. The molecule has 4 nitrogen and oxygen atoms in total. The minimum absolute atomic E-state index is 0. The van der Waals surface area contributed by atoms with Crippen molar-refractivity contribution in [2.24, 2.45) is 0 Å². The van der Waals surface area contributed by atoms with Gasteiger partial charge in [0.1, 0.15) is 23.0 Å². The second-order valence-corrected chi connectivity index (χ2v) is 10.9. The molecule has 0 fully saturated rings. The van der Waals surface area contributed by atoms with Crippen LogP contribution in [0.1, 0.15) is 13.8 Å². The van der Waals surface area contributed by atoms with Gasteiger partial charge in [-0.2, -0.15) is 0 Å². The second kappa shape index (κ2) is 15.0. The van der Waals surface area contributed by atoms with E-state index in [0.717, 1.165) is 60.0 Å². The zero-order valence-electron chi connectivity index (χ0n) is 27.1. The maximum Gasteiger partial charge on any atom is 0.127 e. The van der Waals surface area contributed by atoms with Crippen molar-refractivity contribution in [1.82, 2.24) is 0 Å². The molecular formula is C43H36O4V. The zero-order valence-corrected chi connectivity index (χ0v) is 28.5. The predicted octanol–water partition coefficient (Wildman–Crippen LogP) is 11.5. The summed E-state index contributed by atoms with van der Waals surface area (Å²) in [4.78, 5) is 0.